The van der Waals surface area contributed by atoms with Crippen molar-refractivity contribution in [2.24, 2.45) is 4.99 Å². The van der Waals surface area contributed by atoms with E-state index in [-0.39, 0.29) is 5.54 Å². The van der Waals surface area contributed by atoms with Crippen LogP contribution >= 0.6 is 0 Å². The van der Waals surface area contributed by atoms with Crippen LogP contribution in [0.25, 0.3) is 0 Å². The van der Waals surface area contributed by atoms with Crippen molar-refractivity contribution >= 4 is 5.84 Å². The van der Waals surface area contributed by atoms with Gasteiger partial charge in [0.25, 0.3) is 0 Å². The van der Waals surface area contributed by atoms with Gasteiger partial charge in [-0.25, -0.2) is 0 Å². The van der Waals surface area contributed by atoms with Crippen LogP contribution in [0.2, 0.25) is 0 Å². The second-order valence-electron chi connectivity index (χ2n) is 4.61. The zero-order chi connectivity index (χ0) is 10.6. The lowest BCUT2D eigenvalue weighted by Crippen LogP contribution is -2.35. The highest BCUT2D eigenvalue weighted by atomic mass is 15.2. The molecule has 1 aliphatic heterocycles. The largest absolute Gasteiger partial charge is 0.363 e. The SMILES string of the molecule is CCC(C)(CC)N=C1CCCCN1C. The molecule has 0 aromatic carbocycles. The van der Waals surface area contributed by atoms with Gasteiger partial charge in [0.15, 0.2) is 0 Å². The molecule has 0 bridgehead atoms. The first-order chi connectivity index (χ1) is 6.61. The van der Waals surface area contributed by atoms with Gasteiger partial charge in [0, 0.05) is 20.0 Å². The van der Waals surface area contributed by atoms with E-state index in [1.165, 1.54) is 31.6 Å². The predicted octanol–water partition coefficient (Wildman–Crippen LogP) is 3.08. The summed E-state index contributed by atoms with van der Waals surface area (Å²) in [4.78, 5) is 7.25. The zero-order valence-electron chi connectivity index (χ0n) is 10.1. The molecule has 0 atom stereocenters. The minimum atomic E-state index is 0.168. The van der Waals surface area contributed by atoms with Crippen LogP contribution in [-0.4, -0.2) is 29.9 Å². The van der Waals surface area contributed by atoms with Crippen molar-refractivity contribution in [3.05, 3.63) is 0 Å². The van der Waals surface area contributed by atoms with E-state index < -0.39 is 0 Å². The van der Waals surface area contributed by atoms with E-state index in [4.69, 9.17) is 4.99 Å². The van der Waals surface area contributed by atoms with E-state index in [0.29, 0.717) is 0 Å². The molecule has 0 saturated carbocycles. The van der Waals surface area contributed by atoms with E-state index >= 15 is 0 Å². The van der Waals surface area contributed by atoms with Crippen LogP contribution in [0.5, 0.6) is 0 Å². The van der Waals surface area contributed by atoms with Crippen molar-refractivity contribution in [1.82, 2.24) is 4.90 Å². The summed E-state index contributed by atoms with van der Waals surface area (Å²) in [5, 5.41) is 0. The van der Waals surface area contributed by atoms with Gasteiger partial charge in [-0.05, 0) is 32.6 Å². The number of hydrogen-bond donors (Lipinski definition) is 0. The van der Waals surface area contributed by atoms with Crippen LogP contribution < -0.4 is 0 Å². The second-order valence-corrected chi connectivity index (χ2v) is 4.61. The topological polar surface area (TPSA) is 15.6 Å². The number of piperidine rings is 1. The van der Waals surface area contributed by atoms with E-state index in [1.807, 2.05) is 0 Å². The summed E-state index contributed by atoms with van der Waals surface area (Å²) in [5.41, 5.74) is 0.168. The van der Waals surface area contributed by atoms with Gasteiger partial charge >= 0.3 is 0 Å². The molecule has 2 heteroatoms. The smallest absolute Gasteiger partial charge is 0.0993 e. The Kier molecular flexibility index (Phi) is 3.97. The maximum Gasteiger partial charge on any atom is 0.0993 e. The Balaban J connectivity index is 2.73. The van der Waals surface area contributed by atoms with Crippen molar-refractivity contribution in [3.8, 4) is 0 Å². The lowest BCUT2D eigenvalue weighted by Gasteiger charge is -2.31. The third-order valence-electron chi connectivity index (χ3n) is 3.51. The van der Waals surface area contributed by atoms with Crippen molar-refractivity contribution in [1.29, 1.82) is 0 Å². The summed E-state index contributed by atoms with van der Waals surface area (Å²) < 4.78 is 0. The third kappa shape index (κ3) is 2.73. The van der Waals surface area contributed by atoms with Gasteiger partial charge in [0.05, 0.1) is 11.4 Å². The van der Waals surface area contributed by atoms with E-state index in [9.17, 15) is 0 Å². The summed E-state index contributed by atoms with van der Waals surface area (Å²) in [6.45, 7) is 7.91. The molecule has 1 fully saturated rings. The highest BCUT2D eigenvalue weighted by molar-refractivity contribution is 5.83. The van der Waals surface area contributed by atoms with Crippen LogP contribution in [0.3, 0.4) is 0 Å². The van der Waals surface area contributed by atoms with E-state index in [0.717, 1.165) is 12.8 Å². The first kappa shape index (κ1) is 11.5. The number of nitrogens with zero attached hydrogens (tertiary/aromatic N) is 2. The molecule has 0 amide bonds. The Labute approximate surface area is 88.4 Å². The Bertz CT molecular complexity index is 204. The van der Waals surface area contributed by atoms with Gasteiger partial charge in [0.2, 0.25) is 0 Å². The minimum Gasteiger partial charge on any atom is -0.363 e. The normalized spacial score (nSPS) is 21.7. The molecule has 82 valence electrons. The number of likely N-dealkylation sites (tertiary alicyclic amines) is 1. The number of rotatable bonds is 3. The molecular formula is C12H24N2. The fraction of sp³-hybridized carbons (Fsp3) is 0.917. The lowest BCUT2D eigenvalue weighted by molar-refractivity contribution is 0.394. The molecule has 14 heavy (non-hydrogen) atoms. The predicted molar refractivity (Wildman–Crippen MR) is 62.9 cm³/mol. The molecular weight excluding hydrogens is 172 g/mol. The van der Waals surface area contributed by atoms with Crippen LogP contribution in [0.1, 0.15) is 52.9 Å². The molecule has 1 saturated heterocycles. The maximum absolute atomic E-state index is 4.93. The Morgan fingerprint density at radius 2 is 1.93 bits per heavy atom. The molecule has 0 aliphatic carbocycles. The van der Waals surface area contributed by atoms with Gasteiger partial charge in [0.1, 0.15) is 0 Å². The number of amidine groups is 1. The number of hydrogen-bond acceptors (Lipinski definition) is 1. The first-order valence-electron chi connectivity index (χ1n) is 5.91. The van der Waals surface area contributed by atoms with Gasteiger partial charge in [-0.2, -0.15) is 0 Å². The number of aliphatic imine (C=N–C) groups is 1. The molecule has 0 radical (unpaired) electrons. The van der Waals surface area contributed by atoms with Gasteiger partial charge < -0.3 is 4.90 Å². The Morgan fingerprint density at radius 1 is 1.29 bits per heavy atom. The standard InChI is InChI=1S/C12H24N2/c1-5-12(3,6-2)13-11-9-7-8-10-14(11)4/h5-10H2,1-4H3. The molecule has 2 nitrogen and oxygen atoms in total. The minimum absolute atomic E-state index is 0.168. The zero-order valence-corrected chi connectivity index (χ0v) is 10.1. The lowest BCUT2D eigenvalue weighted by atomic mass is 9.96. The molecule has 0 spiro atoms. The monoisotopic (exact) mass is 196 g/mol. The fourth-order valence-corrected chi connectivity index (χ4v) is 1.81. The summed E-state index contributed by atoms with van der Waals surface area (Å²) in [5.74, 6) is 1.32. The molecule has 0 aromatic rings. The molecule has 0 N–H and O–H groups in total. The summed E-state index contributed by atoms with van der Waals surface area (Å²) in [6, 6.07) is 0. The average Bonchev–Trinajstić information content (AvgIpc) is 2.21. The highest BCUT2D eigenvalue weighted by Gasteiger charge is 2.21. The molecule has 1 heterocycles. The van der Waals surface area contributed by atoms with Crippen LogP contribution in [0, 0.1) is 0 Å². The average molecular weight is 196 g/mol. The van der Waals surface area contributed by atoms with Crippen molar-refractivity contribution in [2.45, 2.75) is 58.4 Å². The summed E-state index contributed by atoms with van der Waals surface area (Å²) >= 11 is 0. The summed E-state index contributed by atoms with van der Waals surface area (Å²) in [7, 11) is 2.17. The maximum atomic E-state index is 4.93. The van der Waals surface area contributed by atoms with Crippen LogP contribution in [0.15, 0.2) is 4.99 Å². The third-order valence-corrected chi connectivity index (χ3v) is 3.51. The van der Waals surface area contributed by atoms with E-state index in [2.05, 4.69) is 32.7 Å². The quantitative estimate of drug-likeness (QED) is 0.677. The second kappa shape index (κ2) is 4.81. The molecule has 1 aliphatic rings. The van der Waals surface area contributed by atoms with Crippen LogP contribution in [0.4, 0.5) is 0 Å². The van der Waals surface area contributed by atoms with Crippen LogP contribution in [-0.2, 0) is 0 Å². The van der Waals surface area contributed by atoms with Crippen molar-refractivity contribution in [2.75, 3.05) is 13.6 Å². The Hall–Kier alpha value is -0.530. The van der Waals surface area contributed by atoms with Gasteiger partial charge in [-0.3, -0.25) is 4.99 Å². The first-order valence-corrected chi connectivity index (χ1v) is 5.91. The molecule has 0 aromatic heterocycles. The summed E-state index contributed by atoms with van der Waals surface area (Å²) in [6.07, 6.45) is 6.09. The van der Waals surface area contributed by atoms with Crippen molar-refractivity contribution < 1.29 is 0 Å². The molecule has 1 rings (SSSR count). The fourth-order valence-electron chi connectivity index (χ4n) is 1.81. The Morgan fingerprint density at radius 3 is 2.43 bits per heavy atom. The van der Waals surface area contributed by atoms with E-state index in [1.54, 1.807) is 0 Å². The molecule has 0 unspecified atom stereocenters. The van der Waals surface area contributed by atoms with Crippen molar-refractivity contribution in [3.63, 3.8) is 0 Å². The van der Waals surface area contributed by atoms with Gasteiger partial charge in [-0.1, -0.05) is 13.8 Å². The van der Waals surface area contributed by atoms with Gasteiger partial charge in [-0.15, -0.1) is 0 Å². The highest BCUT2D eigenvalue weighted by Crippen LogP contribution is 2.22.